The van der Waals surface area contributed by atoms with Gasteiger partial charge in [-0.1, -0.05) is 25.7 Å². The lowest BCUT2D eigenvalue weighted by molar-refractivity contribution is -0.0139. The third-order valence-corrected chi connectivity index (χ3v) is 3.87. The van der Waals surface area contributed by atoms with Gasteiger partial charge >= 0.3 is 0 Å². The fourth-order valence-electron chi connectivity index (χ4n) is 2.92. The molecule has 0 amide bonds. The minimum atomic E-state index is -0.0568. The van der Waals surface area contributed by atoms with E-state index >= 15 is 0 Å². The lowest BCUT2D eigenvalue weighted by Gasteiger charge is -2.29. The first-order valence-corrected chi connectivity index (χ1v) is 6.64. The molecular weight excluding hydrogens is 188 g/mol. The number of rotatable bonds is 3. The van der Waals surface area contributed by atoms with E-state index in [1.807, 2.05) is 0 Å². The maximum Gasteiger partial charge on any atom is 0.0575 e. The van der Waals surface area contributed by atoms with Gasteiger partial charge in [-0.05, 0) is 38.0 Å². The topological polar surface area (TPSA) is 29.5 Å². The van der Waals surface area contributed by atoms with Gasteiger partial charge in [-0.25, -0.2) is 0 Å². The molecule has 2 nitrogen and oxygen atoms in total. The van der Waals surface area contributed by atoms with Crippen LogP contribution in [0.5, 0.6) is 0 Å². The smallest absolute Gasteiger partial charge is 0.0575 e. The highest BCUT2D eigenvalue weighted by molar-refractivity contribution is 4.73. The predicted molar refractivity (Wildman–Crippen MR) is 60.8 cm³/mol. The van der Waals surface area contributed by atoms with Crippen LogP contribution in [-0.4, -0.2) is 23.9 Å². The summed E-state index contributed by atoms with van der Waals surface area (Å²) in [5, 5.41) is 9.56. The average molecular weight is 212 g/mol. The molecule has 0 heterocycles. The number of ether oxygens (including phenoxy) is 1. The third-order valence-electron chi connectivity index (χ3n) is 3.87. The van der Waals surface area contributed by atoms with Crippen LogP contribution in [0.2, 0.25) is 0 Å². The van der Waals surface area contributed by atoms with Crippen LogP contribution >= 0.6 is 0 Å². The number of hydrogen-bond donors (Lipinski definition) is 1. The van der Waals surface area contributed by atoms with Gasteiger partial charge in [0.2, 0.25) is 0 Å². The molecule has 2 rings (SSSR count). The van der Waals surface area contributed by atoms with E-state index in [1.165, 1.54) is 44.9 Å². The van der Waals surface area contributed by atoms with Crippen LogP contribution in [0.4, 0.5) is 0 Å². The predicted octanol–water partition coefficient (Wildman–Crippen LogP) is 2.89. The Hall–Kier alpha value is -0.0800. The molecule has 15 heavy (non-hydrogen) atoms. The molecule has 1 N–H and O–H groups in total. The van der Waals surface area contributed by atoms with Gasteiger partial charge in [-0.3, -0.25) is 0 Å². The molecule has 2 unspecified atom stereocenters. The van der Waals surface area contributed by atoms with Crippen LogP contribution in [0.1, 0.15) is 57.8 Å². The summed E-state index contributed by atoms with van der Waals surface area (Å²) in [7, 11) is 0. The molecular formula is C13H24O2. The van der Waals surface area contributed by atoms with Gasteiger partial charge in [0.15, 0.2) is 0 Å². The van der Waals surface area contributed by atoms with Gasteiger partial charge in [0.05, 0.1) is 12.2 Å². The molecule has 0 aromatic heterocycles. The lowest BCUT2D eigenvalue weighted by atomic mass is 9.88. The van der Waals surface area contributed by atoms with Crippen LogP contribution in [-0.2, 0) is 4.74 Å². The van der Waals surface area contributed by atoms with Crippen LogP contribution in [0.25, 0.3) is 0 Å². The maximum atomic E-state index is 9.56. The molecule has 0 radical (unpaired) electrons. The van der Waals surface area contributed by atoms with E-state index in [1.54, 1.807) is 0 Å². The van der Waals surface area contributed by atoms with Crippen molar-refractivity contribution in [2.45, 2.75) is 70.0 Å². The van der Waals surface area contributed by atoms with Crippen molar-refractivity contribution in [3.63, 3.8) is 0 Å². The second-order valence-corrected chi connectivity index (χ2v) is 5.28. The first-order chi connectivity index (χ1) is 7.34. The molecule has 2 fully saturated rings. The summed E-state index contributed by atoms with van der Waals surface area (Å²) in [6.07, 6.45) is 11.5. The standard InChI is InChI=1S/C13H24O2/c14-12-6-4-5-11(9-12)10-15-13-7-2-1-3-8-13/h11-14H,1-10H2. The number of aliphatic hydroxyl groups excluding tert-OH is 1. The zero-order chi connectivity index (χ0) is 10.5. The highest BCUT2D eigenvalue weighted by Gasteiger charge is 2.22. The monoisotopic (exact) mass is 212 g/mol. The summed E-state index contributed by atoms with van der Waals surface area (Å²) in [6, 6.07) is 0. The van der Waals surface area contributed by atoms with Crippen molar-refractivity contribution in [2.75, 3.05) is 6.61 Å². The molecule has 88 valence electrons. The van der Waals surface area contributed by atoms with Gasteiger partial charge in [-0.2, -0.15) is 0 Å². The van der Waals surface area contributed by atoms with Crippen molar-refractivity contribution in [3.8, 4) is 0 Å². The van der Waals surface area contributed by atoms with E-state index in [9.17, 15) is 5.11 Å². The summed E-state index contributed by atoms with van der Waals surface area (Å²) >= 11 is 0. The molecule has 0 spiro atoms. The van der Waals surface area contributed by atoms with Crippen LogP contribution in [0, 0.1) is 5.92 Å². The van der Waals surface area contributed by atoms with E-state index in [2.05, 4.69) is 0 Å². The Morgan fingerprint density at radius 2 is 1.73 bits per heavy atom. The highest BCUT2D eigenvalue weighted by Crippen LogP contribution is 2.26. The SMILES string of the molecule is OC1CCCC(COC2CCCCC2)C1. The Labute approximate surface area is 93.0 Å². The zero-order valence-electron chi connectivity index (χ0n) is 9.66. The third kappa shape index (κ3) is 3.76. The molecule has 0 bridgehead atoms. The van der Waals surface area contributed by atoms with Gasteiger partial charge in [0, 0.05) is 6.61 Å². The Morgan fingerprint density at radius 3 is 2.47 bits per heavy atom. The van der Waals surface area contributed by atoms with E-state index in [-0.39, 0.29) is 6.10 Å². The van der Waals surface area contributed by atoms with E-state index in [0.717, 1.165) is 19.4 Å². The average Bonchev–Trinajstić information content (AvgIpc) is 2.28. The number of aliphatic hydroxyl groups is 1. The largest absolute Gasteiger partial charge is 0.393 e. The first kappa shape index (κ1) is 11.4. The van der Waals surface area contributed by atoms with Crippen molar-refractivity contribution in [2.24, 2.45) is 5.92 Å². The summed E-state index contributed by atoms with van der Waals surface area (Å²) in [4.78, 5) is 0. The molecule has 0 saturated heterocycles. The molecule has 2 aliphatic carbocycles. The normalized spacial score (nSPS) is 34.2. The summed E-state index contributed by atoms with van der Waals surface area (Å²) in [5.41, 5.74) is 0. The van der Waals surface area contributed by atoms with Crippen molar-refractivity contribution >= 4 is 0 Å². The Morgan fingerprint density at radius 1 is 0.933 bits per heavy atom. The van der Waals surface area contributed by atoms with Gasteiger partial charge in [0.25, 0.3) is 0 Å². The molecule has 2 heteroatoms. The molecule has 2 atom stereocenters. The second kappa shape index (κ2) is 5.86. The van der Waals surface area contributed by atoms with Crippen LogP contribution in [0.3, 0.4) is 0 Å². The minimum absolute atomic E-state index is 0.0568. The molecule has 0 aliphatic heterocycles. The zero-order valence-corrected chi connectivity index (χ0v) is 9.66. The molecule has 2 saturated carbocycles. The fourth-order valence-corrected chi connectivity index (χ4v) is 2.92. The first-order valence-electron chi connectivity index (χ1n) is 6.64. The Bertz CT molecular complexity index is 175. The van der Waals surface area contributed by atoms with Gasteiger partial charge in [-0.15, -0.1) is 0 Å². The summed E-state index contributed by atoms with van der Waals surface area (Å²) in [5.74, 6) is 0.621. The second-order valence-electron chi connectivity index (χ2n) is 5.28. The Kier molecular flexibility index (Phi) is 4.45. The van der Waals surface area contributed by atoms with Crippen molar-refractivity contribution in [1.29, 1.82) is 0 Å². The Balaban J connectivity index is 1.63. The lowest BCUT2D eigenvalue weighted by Crippen LogP contribution is -2.26. The van der Waals surface area contributed by atoms with Gasteiger partial charge in [0.1, 0.15) is 0 Å². The van der Waals surface area contributed by atoms with Gasteiger partial charge < -0.3 is 9.84 Å². The minimum Gasteiger partial charge on any atom is -0.393 e. The van der Waals surface area contributed by atoms with Crippen LogP contribution < -0.4 is 0 Å². The molecule has 2 aliphatic rings. The van der Waals surface area contributed by atoms with Crippen molar-refractivity contribution in [1.82, 2.24) is 0 Å². The van der Waals surface area contributed by atoms with E-state index < -0.39 is 0 Å². The van der Waals surface area contributed by atoms with Crippen molar-refractivity contribution < 1.29 is 9.84 Å². The molecule has 0 aromatic carbocycles. The summed E-state index contributed by atoms with van der Waals surface area (Å²) in [6.45, 7) is 0.891. The van der Waals surface area contributed by atoms with Crippen LogP contribution in [0.15, 0.2) is 0 Å². The van der Waals surface area contributed by atoms with E-state index in [4.69, 9.17) is 4.74 Å². The highest BCUT2D eigenvalue weighted by atomic mass is 16.5. The van der Waals surface area contributed by atoms with Crippen molar-refractivity contribution in [3.05, 3.63) is 0 Å². The number of hydrogen-bond acceptors (Lipinski definition) is 2. The molecule has 0 aromatic rings. The maximum absolute atomic E-state index is 9.56. The van der Waals surface area contributed by atoms with E-state index in [0.29, 0.717) is 12.0 Å². The summed E-state index contributed by atoms with van der Waals surface area (Å²) < 4.78 is 5.96. The quantitative estimate of drug-likeness (QED) is 0.779. The fraction of sp³-hybridized carbons (Fsp3) is 1.00.